The topological polar surface area (TPSA) is 79.3 Å². The molecule has 2 heterocycles. The van der Waals surface area contributed by atoms with Gasteiger partial charge in [0.2, 0.25) is 0 Å². The third kappa shape index (κ3) is 4.77. The number of piperidine rings is 1. The second-order valence-electron chi connectivity index (χ2n) is 5.60. The van der Waals surface area contributed by atoms with Crippen molar-refractivity contribution in [3.05, 3.63) is 18.0 Å². The van der Waals surface area contributed by atoms with Gasteiger partial charge in [0.25, 0.3) is 10.2 Å². The van der Waals surface area contributed by atoms with Gasteiger partial charge >= 0.3 is 0 Å². The van der Waals surface area contributed by atoms with Gasteiger partial charge in [0.05, 0.1) is 12.7 Å². The van der Waals surface area contributed by atoms with E-state index in [2.05, 4.69) is 15.1 Å². The van der Waals surface area contributed by atoms with E-state index in [1.807, 2.05) is 20.2 Å². The van der Waals surface area contributed by atoms with Crippen LogP contribution in [0, 0.1) is 12.8 Å². The first-order valence-electron chi connectivity index (χ1n) is 7.39. The van der Waals surface area contributed by atoms with Crippen LogP contribution in [0.4, 0.5) is 0 Å². The Hall–Kier alpha value is -0.960. The van der Waals surface area contributed by atoms with Crippen LogP contribution in [0.25, 0.3) is 0 Å². The molecule has 2 rings (SSSR count). The maximum atomic E-state index is 12.3. The molecule has 1 aliphatic rings. The number of hydrogen-bond donors (Lipinski definition) is 2. The van der Waals surface area contributed by atoms with Crippen LogP contribution in [-0.4, -0.2) is 55.7 Å². The smallest absolute Gasteiger partial charge is 0.279 e. The summed E-state index contributed by atoms with van der Waals surface area (Å²) in [6, 6.07) is 0. The predicted molar refractivity (Wildman–Crippen MR) is 82.1 cm³/mol. The summed E-state index contributed by atoms with van der Waals surface area (Å²) >= 11 is 0. The van der Waals surface area contributed by atoms with Gasteiger partial charge in [-0.15, -0.1) is 0 Å². The second-order valence-corrected chi connectivity index (χ2v) is 7.36. The van der Waals surface area contributed by atoms with Crippen LogP contribution in [0.2, 0.25) is 0 Å². The van der Waals surface area contributed by atoms with Gasteiger partial charge in [0, 0.05) is 25.8 Å². The zero-order valence-electron chi connectivity index (χ0n) is 12.7. The molecule has 0 saturated carbocycles. The zero-order valence-corrected chi connectivity index (χ0v) is 13.6. The molecular formula is C13H25N5O2S. The Morgan fingerprint density at radius 3 is 2.95 bits per heavy atom. The number of aryl methyl sites for hydroxylation is 1. The first-order valence-corrected chi connectivity index (χ1v) is 8.83. The van der Waals surface area contributed by atoms with E-state index in [1.165, 1.54) is 0 Å². The van der Waals surface area contributed by atoms with Crippen LogP contribution in [0.1, 0.15) is 18.4 Å². The zero-order chi connectivity index (χ0) is 15.3. The van der Waals surface area contributed by atoms with Crippen LogP contribution < -0.4 is 10.0 Å². The van der Waals surface area contributed by atoms with E-state index in [0.717, 1.165) is 24.9 Å². The molecule has 1 aliphatic heterocycles. The molecule has 1 atom stereocenters. The Balaban J connectivity index is 1.83. The van der Waals surface area contributed by atoms with Gasteiger partial charge in [0.15, 0.2) is 0 Å². The molecule has 120 valence electrons. The Morgan fingerprint density at radius 1 is 1.48 bits per heavy atom. The van der Waals surface area contributed by atoms with Crippen molar-refractivity contribution in [1.82, 2.24) is 24.1 Å². The summed E-state index contributed by atoms with van der Waals surface area (Å²) in [5.41, 5.74) is 1.07. The lowest BCUT2D eigenvalue weighted by molar-refractivity contribution is 0.260. The summed E-state index contributed by atoms with van der Waals surface area (Å²) < 4.78 is 30.6. The van der Waals surface area contributed by atoms with Gasteiger partial charge in [-0.3, -0.25) is 4.68 Å². The van der Waals surface area contributed by atoms with E-state index in [-0.39, 0.29) is 0 Å². The molecule has 0 bridgehead atoms. The van der Waals surface area contributed by atoms with E-state index in [9.17, 15) is 8.42 Å². The highest BCUT2D eigenvalue weighted by atomic mass is 32.2. The highest BCUT2D eigenvalue weighted by Crippen LogP contribution is 2.17. The molecule has 8 heteroatoms. The van der Waals surface area contributed by atoms with Gasteiger partial charge in [-0.1, -0.05) is 0 Å². The van der Waals surface area contributed by atoms with E-state index in [1.54, 1.807) is 15.2 Å². The van der Waals surface area contributed by atoms with Crippen molar-refractivity contribution in [3.8, 4) is 0 Å². The lowest BCUT2D eigenvalue weighted by Crippen LogP contribution is -2.48. The van der Waals surface area contributed by atoms with E-state index >= 15 is 0 Å². The van der Waals surface area contributed by atoms with E-state index < -0.39 is 10.2 Å². The third-order valence-electron chi connectivity index (χ3n) is 3.70. The molecule has 21 heavy (non-hydrogen) atoms. The summed E-state index contributed by atoms with van der Waals surface area (Å²) in [7, 11) is -1.48. The van der Waals surface area contributed by atoms with Gasteiger partial charge < -0.3 is 5.32 Å². The minimum atomic E-state index is -3.38. The lowest BCUT2D eigenvalue weighted by atomic mass is 10.00. The van der Waals surface area contributed by atoms with E-state index in [0.29, 0.717) is 32.1 Å². The highest BCUT2D eigenvalue weighted by Gasteiger charge is 2.28. The van der Waals surface area contributed by atoms with Crippen LogP contribution in [-0.2, 0) is 16.8 Å². The number of hydrogen-bond acceptors (Lipinski definition) is 4. The average Bonchev–Trinajstić information content (AvgIpc) is 2.85. The summed E-state index contributed by atoms with van der Waals surface area (Å²) in [4.78, 5) is 0. The molecule has 1 saturated heterocycles. The second kappa shape index (κ2) is 7.35. The molecule has 1 aromatic rings. The fourth-order valence-corrected chi connectivity index (χ4v) is 3.98. The molecular weight excluding hydrogens is 290 g/mol. The minimum Gasteiger partial charge on any atom is -0.319 e. The maximum absolute atomic E-state index is 12.3. The number of aromatic nitrogens is 2. The first kappa shape index (κ1) is 16.4. The Labute approximate surface area is 126 Å². The largest absolute Gasteiger partial charge is 0.319 e. The molecule has 0 radical (unpaired) electrons. The molecule has 1 aromatic heterocycles. The van der Waals surface area contributed by atoms with Crippen molar-refractivity contribution < 1.29 is 8.42 Å². The van der Waals surface area contributed by atoms with Gasteiger partial charge in [-0.05, 0) is 44.8 Å². The summed E-state index contributed by atoms with van der Waals surface area (Å²) in [6.45, 7) is 4.92. The van der Waals surface area contributed by atoms with E-state index in [4.69, 9.17) is 0 Å². The van der Waals surface area contributed by atoms with Crippen molar-refractivity contribution >= 4 is 10.2 Å². The van der Waals surface area contributed by atoms with Gasteiger partial charge in [-0.2, -0.15) is 17.8 Å². The van der Waals surface area contributed by atoms with Crippen molar-refractivity contribution in [3.63, 3.8) is 0 Å². The number of nitrogens with zero attached hydrogens (tertiary/aromatic N) is 3. The molecule has 0 aliphatic carbocycles. The number of rotatable bonds is 7. The predicted octanol–water partition coefficient (Wildman–Crippen LogP) is -0.0427. The molecule has 7 nitrogen and oxygen atoms in total. The van der Waals surface area contributed by atoms with Crippen LogP contribution in [0.3, 0.4) is 0 Å². The normalized spacial score (nSPS) is 20.8. The molecule has 0 amide bonds. The fourth-order valence-electron chi connectivity index (χ4n) is 2.67. The van der Waals surface area contributed by atoms with Crippen LogP contribution in [0.15, 0.2) is 12.4 Å². The first-order chi connectivity index (χ1) is 10.0. The average molecular weight is 315 g/mol. The lowest BCUT2D eigenvalue weighted by Gasteiger charge is -2.31. The Bertz CT molecular complexity index is 541. The monoisotopic (exact) mass is 315 g/mol. The standard InChI is InChI=1S/C13H25N5O2S/c1-12-8-15-17(10-12)7-5-16-21(19,20)18-6-3-4-13(11-18)9-14-2/h8,10,13-14,16H,3-7,9,11H2,1-2H3. The Kier molecular flexibility index (Phi) is 5.74. The minimum absolute atomic E-state index is 0.358. The SMILES string of the molecule is CNCC1CCCN(S(=O)(=O)NCCn2cc(C)cn2)C1. The third-order valence-corrected chi connectivity index (χ3v) is 5.28. The fraction of sp³-hybridized carbons (Fsp3) is 0.769. The Morgan fingerprint density at radius 2 is 2.29 bits per heavy atom. The highest BCUT2D eigenvalue weighted by molar-refractivity contribution is 7.87. The van der Waals surface area contributed by atoms with Gasteiger partial charge in [-0.25, -0.2) is 4.72 Å². The molecule has 0 spiro atoms. The number of nitrogens with one attached hydrogen (secondary N) is 2. The van der Waals surface area contributed by atoms with Crippen molar-refractivity contribution in [1.29, 1.82) is 0 Å². The van der Waals surface area contributed by atoms with Crippen molar-refractivity contribution in [2.24, 2.45) is 5.92 Å². The summed E-state index contributed by atoms with van der Waals surface area (Å²) in [6.07, 6.45) is 5.67. The quantitative estimate of drug-likeness (QED) is 0.740. The molecule has 0 aromatic carbocycles. The molecule has 2 N–H and O–H groups in total. The van der Waals surface area contributed by atoms with Crippen molar-refractivity contribution in [2.45, 2.75) is 26.3 Å². The van der Waals surface area contributed by atoms with Crippen LogP contribution in [0.5, 0.6) is 0 Å². The molecule has 1 unspecified atom stereocenters. The maximum Gasteiger partial charge on any atom is 0.279 e. The summed E-state index contributed by atoms with van der Waals surface area (Å²) in [5, 5.41) is 7.27. The molecule has 1 fully saturated rings. The van der Waals surface area contributed by atoms with Gasteiger partial charge in [0.1, 0.15) is 0 Å². The van der Waals surface area contributed by atoms with Crippen molar-refractivity contribution in [2.75, 3.05) is 33.2 Å². The van der Waals surface area contributed by atoms with Crippen LogP contribution >= 0.6 is 0 Å². The summed E-state index contributed by atoms with van der Waals surface area (Å²) in [5.74, 6) is 0.397.